The van der Waals surface area contributed by atoms with Gasteiger partial charge in [0.15, 0.2) is 52.4 Å². The van der Waals surface area contributed by atoms with Crippen molar-refractivity contribution in [1.29, 1.82) is 0 Å². The van der Waals surface area contributed by atoms with Crippen LogP contribution in [0.4, 0.5) is 65.9 Å². The van der Waals surface area contributed by atoms with Crippen LogP contribution in [0.2, 0.25) is 13.3 Å². The van der Waals surface area contributed by atoms with Crippen LogP contribution in [-0.4, -0.2) is 26.5 Å². The van der Waals surface area contributed by atoms with Crippen molar-refractivity contribution in [3.05, 3.63) is 87.3 Å². The summed E-state index contributed by atoms with van der Waals surface area (Å²) in [4.78, 5) is 0. The second kappa shape index (κ2) is 17.7. The van der Waals surface area contributed by atoms with E-state index in [0.717, 1.165) is 0 Å². The second-order valence-electron chi connectivity index (χ2n) is 10.4. The Morgan fingerprint density at radius 1 is 0.319 bits per heavy atom. The van der Waals surface area contributed by atoms with E-state index < -0.39 is 130 Å². The Hall–Kier alpha value is -2.53. The van der Waals surface area contributed by atoms with Crippen LogP contribution < -0.4 is 16.4 Å². The summed E-state index contributed by atoms with van der Waals surface area (Å²) in [6, 6.07) is 0. The van der Waals surface area contributed by atoms with E-state index in [0.29, 0.717) is 0 Å². The summed E-state index contributed by atoms with van der Waals surface area (Å²) in [6.07, 6.45) is 8.85. The zero-order chi connectivity index (χ0) is 35.9. The van der Waals surface area contributed by atoms with Crippen molar-refractivity contribution in [3.63, 3.8) is 0 Å². The summed E-state index contributed by atoms with van der Waals surface area (Å²) in [5.41, 5.74) is -8.03. The smallest absolute Gasteiger partial charge is 0.200 e. The molecule has 0 aliphatic carbocycles. The van der Waals surface area contributed by atoms with Crippen molar-refractivity contribution in [2.24, 2.45) is 0 Å². The summed E-state index contributed by atoms with van der Waals surface area (Å²) in [6.45, 7) is 3.04. The molecule has 0 aliphatic heterocycles. The van der Waals surface area contributed by atoms with Gasteiger partial charge in [-0.25, -0.2) is 65.9 Å². The molecule has 47 heavy (non-hydrogen) atoms. The molecule has 0 spiro atoms. The second-order valence-corrected chi connectivity index (χ2v) is 19.0. The van der Waals surface area contributed by atoms with Gasteiger partial charge in [0.1, 0.15) is 34.9 Å². The number of halogens is 15. The summed E-state index contributed by atoms with van der Waals surface area (Å²) >= 11 is -0.839. The van der Waals surface area contributed by atoms with E-state index in [1.165, 1.54) is 38.5 Å². The van der Waals surface area contributed by atoms with Crippen LogP contribution in [0, 0.1) is 87.3 Å². The molecule has 0 fully saturated rings. The molecule has 3 aromatic carbocycles. The molecule has 3 rings (SSSR count). The van der Waals surface area contributed by atoms with E-state index in [-0.39, 0.29) is 0 Å². The van der Waals surface area contributed by atoms with Gasteiger partial charge >= 0.3 is 92.4 Å². The first kappa shape index (κ1) is 40.6. The minimum atomic E-state index is -3.96. The molecule has 3 aromatic rings. The molecule has 0 nitrogen and oxygen atoms in total. The van der Waals surface area contributed by atoms with E-state index in [1.807, 2.05) is 0 Å². The Morgan fingerprint density at radius 3 is 0.660 bits per heavy atom. The predicted molar refractivity (Wildman–Crippen MR) is 148 cm³/mol. The molecule has 0 amide bonds. The maximum Gasteiger partial charge on any atom is 0.200 e. The van der Waals surface area contributed by atoms with Crippen LogP contribution in [0.5, 0.6) is 0 Å². The number of benzene rings is 3. The standard InChI is InChI=1S/C18BF15.3C4H9.Sn/c20-4-1(5(21)11(27)16(32)10(4)26)19(2-6(22)12(28)17(33)13(29)7(2)23)3-8(24)14(30)18(34)15(31)9(3)25;3*1-3-4-2;/h;3*1,3-4H2,2H3;/q-1;;;;+1. The van der Waals surface area contributed by atoms with E-state index in [1.54, 1.807) is 13.3 Å². The average molecular weight is 802 g/mol. The van der Waals surface area contributed by atoms with Crippen molar-refractivity contribution in [2.45, 2.75) is 72.6 Å². The Bertz CT molecular complexity index is 1310. The zero-order valence-electron chi connectivity index (χ0n) is 25.1. The van der Waals surface area contributed by atoms with Gasteiger partial charge in [-0.3, -0.25) is 0 Å². The third-order valence-corrected chi connectivity index (χ3v) is 16.3. The maximum atomic E-state index is 14.4. The van der Waals surface area contributed by atoms with Crippen LogP contribution >= 0.6 is 0 Å². The first-order chi connectivity index (χ1) is 22.0. The van der Waals surface area contributed by atoms with Gasteiger partial charge in [-0.05, 0) is 6.71 Å². The van der Waals surface area contributed by atoms with E-state index in [2.05, 4.69) is 20.8 Å². The Kier molecular flexibility index (Phi) is 15.3. The fraction of sp³-hybridized carbons (Fsp3) is 0.400. The number of unbranched alkanes of at least 4 members (excludes halogenated alkanes) is 3. The Labute approximate surface area is 268 Å². The topological polar surface area (TPSA) is 0 Å². The SMILES string of the molecule is CCC[CH2][Sn+]([CH2]CCC)[CH2]CCC.Fc1c(F)c(F)c([B-](c2c(F)c(F)c(F)c(F)c2F)c2c(F)c(F)c(F)c(F)c2F)c(F)c1F. The van der Waals surface area contributed by atoms with Crippen LogP contribution in [-0.2, 0) is 0 Å². The van der Waals surface area contributed by atoms with Crippen LogP contribution in [0.1, 0.15) is 59.3 Å². The van der Waals surface area contributed by atoms with Gasteiger partial charge in [-0.2, -0.15) is 16.4 Å². The molecule has 0 aliphatic rings. The van der Waals surface area contributed by atoms with E-state index >= 15 is 0 Å². The van der Waals surface area contributed by atoms with Crippen molar-refractivity contribution < 1.29 is 65.9 Å². The molecule has 0 aromatic heterocycles. The van der Waals surface area contributed by atoms with Crippen molar-refractivity contribution in [1.82, 2.24) is 0 Å². The minimum absolute atomic E-state index is 0.839. The summed E-state index contributed by atoms with van der Waals surface area (Å²) in [5.74, 6) is -45.2. The molecular weight excluding hydrogens is 775 g/mol. The van der Waals surface area contributed by atoms with Crippen LogP contribution in [0.15, 0.2) is 0 Å². The van der Waals surface area contributed by atoms with E-state index in [9.17, 15) is 65.9 Å². The number of rotatable bonds is 12. The summed E-state index contributed by atoms with van der Waals surface area (Å²) in [5, 5.41) is 0. The Morgan fingerprint density at radius 2 is 0.489 bits per heavy atom. The molecule has 0 bridgehead atoms. The fourth-order valence-corrected chi connectivity index (χ4v) is 14.2. The van der Waals surface area contributed by atoms with Gasteiger partial charge in [0.25, 0.3) is 0 Å². The third-order valence-electron chi connectivity index (χ3n) is 7.25. The zero-order valence-corrected chi connectivity index (χ0v) is 28.0. The summed E-state index contributed by atoms with van der Waals surface area (Å²) < 4.78 is 214. The normalized spacial score (nSPS) is 11.3. The Balaban J connectivity index is 0.000000500. The first-order valence-corrected chi connectivity index (χ1v) is 20.4. The summed E-state index contributed by atoms with van der Waals surface area (Å²) in [7, 11) is 0. The number of hydrogen-bond acceptors (Lipinski definition) is 0. The molecule has 259 valence electrons. The van der Waals surface area contributed by atoms with Crippen molar-refractivity contribution >= 4 is 42.9 Å². The van der Waals surface area contributed by atoms with Crippen molar-refractivity contribution in [3.8, 4) is 0 Å². The van der Waals surface area contributed by atoms with Gasteiger partial charge in [0.05, 0.1) is 0 Å². The molecule has 0 unspecified atom stereocenters. The minimum Gasteiger partial charge on any atom is -0.207 e. The van der Waals surface area contributed by atoms with Gasteiger partial charge < -0.3 is 0 Å². The molecule has 0 atom stereocenters. The molecule has 1 radical (unpaired) electrons. The third kappa shape index (κ3) is 8.56. The first-order valence-electron chi connectivity index (χ1n) is 14.4. The van der Waals surface area contributed by atoms with Gasteiger partial charge in [0, 0.05) is 0 Å². The average Bonchev–Trinajstić information content (AvgIpc) is 3.06. The molecule has 0 N–H and O–H groups in total. The van der Waals surface area contributed by atoms with Crippen LogP contribution in [0.25, 0.3) is 0 Å². The van der Waals surface area contributed by atoms with Crippen molar-refractivity contribution in [2.75, 3.05) is 0 Å². The molecular formula is C30H27BF15Sn. The maximum absolute atomic E-state index is 14.4. The van der Waals surface area contributed by atoms with Crippen LogP contribution in [0.3, 0.4) is 0 Å². The van der Waals surface area contributed by atoms with Gasteiger partial charge in [-0.15, -0.1) is 0 Å². The molecule has 0 heterocycles. The van der Waals surface area contributed by atoms with E-state index in [4.69, 9.17) is 0 Å². The van der Waals surface area contributed by atoms with Gasteiger partial charge in [-0.1, -0.05) is 0 Å². The quantitative estimate of drug-likeness (QED) is 0.0743. The number of hydrogen-bond donors (Lipinski definition) is 0. The molecule has 0 saturated carbocycles. The monoisotopic (exact) mass is 803 g/mol. The molecule has 17 heteroatoms. The fourth-order valence-electron chi connectivity index (χ4n) is 4.71. The van der Waals surface area contributed by atoms with Gasteiger partial charge in [0.2, 0.25) is 0 Å². The predicted octanol–water partition coefficient (Wildman–Crippen LogP) is 9.17. The molecule has 0 saturated heterocycles. The largest absolute Gasteiger partial charge is 0.207 e.